The minimum Gasteiger partial charge on any atom is -0.493 e. The van der Waals surface area contributed by atoms with Crippen LogP contribution in [0, 0.1) is 11.8 Å². The number of rotatable bonds is 7. The number of aromatic amines is 1. The Balaban J connectivity index is 0.936. The highest BCUT2D eigenvalue weighted by Crippen LogP contribution is 2.35. The van der Waals surface area contributed by atoms with Crippen LogP contribution in [0.2, 0.25) is 0 Å². The molecule has 2 aromatic rings. The summed E-state index contributed by atoms with van der Waals surface area (Å²) in [6.45, 7) is 9.61. The number of ether oxygens (including phenoxy) is 3. The number of carbonyl (C=O) groups excluding carboxylic acids is 1. The van der Waals surface area contributed by atoms with Gasteiger partial charge in [0.2, 0.25) is 5.91 Å². The first-order valence-corrected chi connectivity index (χ1v) is 15.1. The highest BCUT2D eigenvalue weighted by Gasteiger charge is 2.41. The number of hydrogen-bond acceptors (Lipinski definition) is 7. The molecular formula is C31H43N4O5+. The smallest absolute Gasteiger partial charge is 0.435 e. The molecule has 0 saturated carbocycles. The summed E-state index contributed by atoms with van der Waals surface area (Å²) in [5.41, 5.74) is 2.56. The number of nitrogens with one attached hydrogen (secondary N) is 1. The fourth-order valence-electron chi connectivity index (χ4n) is 6.35. The van der Waals surface area contributed by atoms with Gasteiger partial charge in [0.05, 0.1) is 38.1 Å². The quantitative estimate of drug-likeness (QED) is 0.502. The van der Waals surface area contributed by atoms with Gasteiger partial charge in [-0.15, -0.1) is 0 Å². The average molecular weight is 552 g/mol. The van der Waals surface area contributed by atoms with Gasteiger partial charge in [0.15, 0.2) is 5.79 Å². The summed E-state index contributed by atoms with van der Waals surface area (Å²) in [7, 11) is 0. The topological polar surface area (TPSA) is 91.4 Å². The molecule has 6 rings (SSSR count). The lowest BCUT2D eigenvalue weighted by Crippen LogP contribution is -2.49. The molecule has 4 aliphatic rings. The van der Waals surface area contributed by atoms with Gasteiger partial charge >= 0.3 is 6.01 Å². The first-order valence-electron chi connectivity index (χ1n) is 15.1. The maximum atomic E-state index is 13.1. The van der Waals surface area contributed by atoms with Gasteiger partial charge in [-0.05, 0) is 61.3 Å². The van der Waals surface area contributed by atoms with E-state index >= 15 is 0 Å². The van der Waals surface area contributed by atoms with E-state index < -0.39 is 5.79 Å². The van der Waals surface area contributed by atoms with E-state index in [9.17, 15) is 4.79 Å². The number of hydrogen-bond donors (Lipinski definition) is 0. The molecule has 1 amide bonds. The SMILES string of the molecule is CC(C)c1noc(N2CCC(COc3ccc(C4=CCC(C(=O)N5CCC6(CC5)OCCO6)CC4)cc3)CC2)[nH+]1. The zero-order valence-corrected chi connectivity index (χ0v) is 23.9. The van der Waals surface area contributed by atoms with Crippen molar-refractivity contribution in [2.24, 2.45) is 11.8 Å². The third-order valence-electron chi connectivity index (χ3n) is 9.04. The normalized spacial score (nSPS) is 23.6. The molecule has 3 saturated heterocycles. The summed E-state index contributed by atoms with van der Waals surface area (Å²) in [6, 6.07) is 9.24. The Hall–Kier alpha value is -2.91. The second kappa shape index (κ2) is 11.9. The van der Waals surface area contributed by atoms with Crippen LogP contribution in [-0.4, -0.2) is 67.8 Å². The van der Waals surface area contributed by atoms with Crippen molar-refractivity contribution in [1.82, 2.24) is 10.1 Å². The van der Waals surface area contributed by atoms with Crippen molar-refractivity contribution in [2.45, 2.75) is 70.5 Å². The molecule has 9 heteroatoms. The molecule has 0 bridgehead atoms. The van der Waals surface area contributed by atoms with Crippen molar-refractivity contribution in [1.29, 1.82) is 0 Å². The van der Waals surface area contributed by atoms with E-state index in [1.54, 1.807) is 0 Å². The number of H-pyrrole nitrogens is 1. The van der Waals surface area contributed by atoms with Gasteiger partial charge in [-0.1, -0.05) is 32.1 Å². The lowest BCUT2D eigenvalue weighted by Gasteiger charge is -2.39. The molecule has 3 fully saturated rings. The molecule has 1 N–H and O–H groups in total. The Morgan fingerprint density at radius 3 is 2.42 bits per heavy atom. The summed E-state index contributed by atoms with van der Waals surface area (Å²) < 4.78 is 23.3. The molecule has 3 aliphatic heterocycles. The van der Waals surface area contributed by atoms with E-state index in [0.29, 0.717) is 25.0 Å². The number of piperidine rings is 2. The highest BCUT2D eigenvalue weighted by molar-refractivity contribution is 5.81. The van der Waals surface area contributed by atoms with E-state index in [2.05, 4.69) is 59.2 Å². The largest absolute Gasteiger partial charge is 0.493 e. The fraction of sp³-hybridized carbons (Fsp3) is 0.645. The van der Waals surface area contributed by atoms with Crippen molar-refractivity contribution in [3.05, 3.63) is 41.7 Å². The lowest BCUT2D eigenvalue weighted by molar-refractivity contribution is -0.383. The molecule has 1 atom stereocenters. The Morgan fingerprint density at radius 2 is 1.80 bits per heavy atom. The van der Waals surface area contributed by atoms with Crippen LogP contribution in [0.1, 0.15) is 76.1 Å². The Bertz CT molecular complexity index is 1170. The van der Waals surface area contributed by atoms with Crippen LogP contribution in [0.5, 0.6) is 5.75 Å². The number of aromatic nitrogens is 2. The second-order valence-electron chi connectivity index (χ2n) is 12.1. The van der Waals surface area contributed by atoms with Gasteiger partial charge in [0.25, 0.3) is 5.82 Å². The van der Waals surface area contributed by atoms with Gasteiger partial charge in [0.1, 0.15) is 5.75 Å². The number of likely N-dealkylation sites (tertiary alicyclic amines) is 1. The summed E-state index contributed by atoms with van der Waals surface area (Å²) in [5.74, 6) is 2.60. The average Bonchev–Trinajstić information content (AvgIpc) is 3.68. The number of allylic oxidation sites excluding steroid dienone is 2. The van der Waals surface area contributed by atoms with Crippen LogP contribution in [0.4, 0.5) is 6.01 Å². The Labute approximate surface area is 236 Å². The monoisotopic (exact) mass is 551 g/mol. The third kappa shape index (κ3) is 6.05. The van der Waals surface area contributed by atoms with E-state index in [4.69, 9.17) is 18.7 Å². The van der Waals surface area contributed by atoms with Crippen LogP contribution < -0.4 is 14.6 Å². The molecule has 4 heterocycles. The lowest BCUT2D eigenvalue weighted by atomic mass is 9.85. The first kappa shape index (κ1) is 27.3. The molecule has 0 radical (unpaired) electrons. The molecule has 1 aliphatic carbocycles. The molecular weight excluding hydrogens is 508 g/mol. The Kier molecular flexibility index (Phi) is 8.12. The number of carbonyl (C=O) groups is 1. The minimum absolute atomic E-state index is 0.0800. The summed E-state index contributed by atoms with van der Waals surface area (Å²) in [5, 5.41) is 4.14. The van der Waals surface area contributed by atoms with Crippen molar-refractivity contribution < 1.29 is 28.5 Å². The fourth-order valence-corrected chi connectivity index (χ4v) is 6.35. The molecule has 1 spiro atoms. The van der Waals surface area contributed by atoms with Gasteiger partial charge in [-0.2, -0.15) is 0 Å². The first-order chi connectivity index (χ1) is 19.5. The highest BCUT2D eigenvalue weighted by atomic mass is 16.7. The maximum Gasteiger partial charge on any atom is 0.435 e. The molecule has 1 aromatic heterocycles. The van der Waals surface area contributed by atoms with Gasteiger partial charge < -0.3 is 19.1 Å². The third-order valence-corrected chi connectivity index (χ3v) is 9.04. The minimum atomic E-state index is -0.432. The van der Waals surface area contributed by atoms with Gasteiger partial charge in [-0.25, -0.2) is 9.51 Å². The number of nitrogens with zero attached hydrogens (tertiary/aromatic N) is 3. The van der Waals surface area contributed by atoms with E-state index in [0.717, 1.165) is 95.3 Å². The molecule has 1 unspecified atom stereocenters. The van der Waals surface area contributed by atoms with E-state index in [1.165, 1.54) is 11.1 Å². The number of anilines is 1. The predicted molar refractivity (Wildman–Crippen MR) is 150 cm³/mol. The van der Waals surface area contributed by atoms with Crippen LogP contribution in [0.15, 0.2) is 34.9 Å². The standard InChI is InChI=1S/C31H42N4O5/c1-22(2)28-32-30(40-33-28)35-15-11-23(12-16-35)21-37-27-9-7-25(8-10-27)24-3-5-26(6-4-24)29(36)34-17-13-31(14-18-34)38-19-20-39-31/h3,7-10,22-23,26H,4-6,11-21H2,1-2H3/p+1. The predicted octanol–water partition coefficient (Wildman–Crippen LogP) is 4.46. The van der Waals surface area contributed by atoms with E-state index in [1.807, 2.05) is 4.90 Å². The van der Waals surface area contributed by atoms with Crippen LogP contribution in [-0.2, 0) is 14.3 Å². The zero-order valence-electron chi connectivity index (χ0n) is 23.9. The summed E-state index contributed by atoms with van der Waals surface area (Å²) >= 11 is 0. The van der Waals surface area contributed by atoms with Gasteiger partial charge in [-0.3, -0.25) is 9.69 Å². The number of benzene rings is 1. The summed E-state index contributed by atoms with van der Waals surface area (Å²) in [4.78, 5) is 20.7. The molecule has 9 nitrogen and oxygen atoms in total. The van der Waals surface area contributed by atoms with Gasteiger partial charge in [0, 0.05) is 37.8 Å². The zero-order chi connectivity index (χ0) is 27.5. The Morgan fingerprint density at radius 1 is 1.07 bits per heavy atom. The summed E-state index contributed by atoms with van der Waals surface area (Å²) in [6.07, 6.45) is 8.60. The van der Waals surface area contributed by atoms with E-state index in [-0.39, 0.29) is 11.8 Å². The van der Waals surface area contributed by atoms with Crippen LogP contribution in [0.25, 0.3) is 5.57 Å². The van der Waals surface area contributed by atoms with Crippen molar-refractivity contribution >= 4 is 17.5 Å². The second-order valence-corrected chi connectivity index (χ2v) is 12.1. The van der Waals surface area contributed by atoms with Crippen molar-refractivity contribution in [3.8, 4) is 5.75 Å². The van der Waals surface area contributed by atoms with Crippen molar-refractivity contribution in [3.63, 3.8) is 0 Å². The maximum absolute atomic E-state index is 13.1. The molecule has 1 aromatic carbocycles. The van der Waals surface area contributed by atoms with Crippen molar-refractivity contribution in [2.75, 3.05) is 50.9 Å². The molecule has 216 valence electrons. The molecule has 40 heavy (non-hydrogen) atoms. The van der Waals surface area contributed by atoms with Crippen LogP contribution in [0.3, 0.4) is 0 Å². The number of amides is 1. The van der Waals surface area contributed by atoms with Crippen LogP contribution >= 0.6 is 0 Å².